The maximum Gasteiger partial charge on any atom is 0.355 e. The number of amides is 2. The number of aromatic amines is 1. The average Bonchev–Trinajstić information content (AvgIpc) is 3.12. The predicted molar refractivity (Wildman–Crippen MR) is 133 cm³/mol. The van der Waals surface area contributed by atoms with Gasteiger partial charge in [0, 0.05) is 38.6 Å². The molecule has 2 aromatic carbocycles. The van der Waals surface area contributed by atoms with Crippen LogP contribution in [0, 0.1) is 0 Å². The van der Waals surface area contributed by atoms with Crippen molar-refractivity contribution in [3.63, 3.8) is 0 Å². The molecule has 180 valence electrons. The molecule has 0 fully saturated rings. The Hall–Kier alpha value is -3.03. The summed E-state index contributed by atoms with van der Waals surface area (Å²) < 4.78 is 5.25. The molecule has 7 nitrogen and oxygen atoms in total. The lowest BCUT2D eigenvalue weighted by Crippen LogP contribution is -2.47. The highest BCUT2D eigenvalue weighted by Gasteiger charge is 2.36. The highest BCUT2D eigenvalue weighted by molar-refractivity contribution is 6.31. The summed E-state index contributed by atoms with van der Waals surface area (Å²) in [7, 11) is 0. The van der Waals surface area contributed by atoms with Gasteiger partial charge in [-0.25, -0.2) is 4.79 Å². The van der Waals surface area contributed by atoms with E-state index in [0.29, 0.717) is 32.9 Å². The van der Waals surface area contributed by atoms with Crippen molar-refractivity contribution in [1.82, 2.24) is 15.2 Å². The number of nitrogens with one attached hydrogen (secondary N) is 2. The van der Waals surface area contributed by atoms with Gasteiger partial charge in [0.2, 0.25) is 12.3 Å². The van der Waals surface area contributed by atoms with Crippen LogP contribution in [0.5, 0.6) is 0 Å². The van der Waals surface area contributed by atoms with Gasteiger partial charge in [-0.2, -0.15) is 0 Å². The maximum absolute atomic E-state index is 13.6. The SMILES string of the molecule is CCOC(=O)c1[nH]c2cc(Cl)ccc2c1[C@H](C(=O)NC(C)(C)C)N(C=O)Cc1ccc(Cl)cc1. The van der Waals surface area contributed by atoms with Crippen LogP contribution in [-0.2, 0) is 20.9 Å². The predicted octanol–water partition coefficient (Wildman–Crippen LogP) is 5.27. The van der Waals surface area contributed by atoms with Crippen LogP contribution in [0.3, 0.4) is 0 Å². The van der Waals surface area contributed by atoms with E-state index in [-0.39, 0.29) is 18.8 Å². The molecule has 3 rings (SSSR count). The lowest BCUT2D eigenvalue weighted by Gasteiger charge is -2.31. The molecule has 0 spiro atoms. The molecule has 0 radical (unpaired) electrons. The highest BCUT2D eigenvalue weighted by atomic mass is 35.5. The fourth-order valence-corrected chi connectivity index (χ4v) is 4.01. The second-order valence-electron chi connectivity index (χ2n) is 8.87. The molecule has 9 heteroatoms. The van der Waals surface area contributed by atoms with E-state index in [2.05, 4.69) is 10.3 Å². The third-order valence-corrected chi connectivity index (χ3v) is 5.53. The molecule has 3 aromatic rings. The van der Waals surface area contributed by atoms with Gasteiger partial charge in [-0.15, -0.1) is 0 Å². The van der Waals surface area contributed by atoms with E-state index in [9.17, 15) is 14.4 Å². The number of benzene rings is 2. The van der Waals surface area contributed by atoms with Crippen molar-refractivity contribution in [3.05, 3.63) is 69.3 Å². The molecule has 0 bridgehead atoms. The third kappa shape index (κ3) is 5.90. The number of hydrogen-bond donors (Lipinski definition) is 2. The normalized spacial score (nSPS) is 12.3. The van der Waals surface area contributed by atoms with E-state index < -0.39 is 23.5 Å². The van der Waals surface area contributed by atoms with Crippen LogP contribution in [-0.4, -0.2) is 40.3 Å². The van der Waals surface area contributed by atoms with Crippen LogP contribution in [0.15, 0.2) is 42.5 Å². The van der Waals surface area contributed by atoms with Crippen LogP contribution in [0.2, 0.25) is 10.0 Å². The first-order valence-electron chi connectivity index (χ1n) is 10.8. The van der Waals surface area contributed by atoms with E-state index in [0.717, 1.165) is 5.56 Å². The molecular weight excluding hydrogens is 477 g/mol. The maximum atomic E-state index is 13.6. The third-order valence-electron chi connectivity index (χ3n) is 5.05. The number of rotatable bonds is 8. The first-order chi connectivity index (χ1) is 16.0. The average molecular weight is 504 g/mol. The molecule has 2 amide bonds. The smallest absolute Gasteiger partial charge is 0.355 e. The number of carbonyl (C=O) groups is 3. The van der Waals surface area contributed by atoms with Crippen molar-refractivity contribution in [2.75, 3.05) is 6.61 Å². The molecule has 0 saturated carbocycles. The minimum atomic E-state index is -1.12. The van der Waals surface area contributed by atoms with Gasteiger partial charge < -0.3 is 19.9 Å². The molecule has 1 atom stereocenters. The Morgan fingerprint density at radius 1 is 1.12 bits per heavy atom. The largest absolute Gasteiger partial charge is 0.461 e. The molecule has 0 aliphatic carbocycles. The molecule has 2 N–H and O–H groups in total. The van der Waals surface area contributed by atoms with Crippen molar-refractivity contribution in [3.8, 4) is 0 Å². The van der Waals surface area contributed by atoms with Gasteiger partial charge in [0.15, 0.2) is 0 Å². The number of esters is 1. The van der Waals surface area contributed by atoms with Gasteiger partial charge in [0.05, 0.1) is 6.61 Å². The molecule has 0 saturated heterocycles. The van der Waals surface area contributed by atoms with E-state index in [1.54, 1.807) is 49.4 Å². The van der Waals surface area contributed by atoms with Crippen molar-refractivity contribution < 1.29 is 19.1 Å². The van der Waals surface area contributed by atoms with E-state index in [1.165, 1.54) is 4.90 Å². The number of aromatic nitrogens is 1. The van der Waals surface area contributed by atoms with Crippen molar-refractivity contribution in [1.29, 1.82) is 0 Å². The van der Waals surface area contributed by atoms with Crippen LogP contribution < -0.4 is 5.32 Å². The van der Waals surface area contributed by atoms with Crippen LogP contribution in [0.4, 0.5) is 0 Å². The van der Waals surface area contributed by atoms with Gasteiger partial charge in [-0.3, -0.25) is 9.59 Å². The first kappa shape index (κ1) is 25.6. The zero-order valence-corrected chi connectivity index (χ0v) is 21.0. The van der Waals surface area contributed by atoms with E-state index in [1.807, 2.05) is 20.8 Å². The molecule has 0 unspecified atom stereocenters. The van der Waals surface area contributed by atoms with Gasteiger partial charge >= 0.3 is 5.97 Å². The summed E-state index contributed by atoms with van der Waals surface area (Å²) >= 11 is 12.2. The molecule has 1 heterocycles. The number of carbonyl (C=O) groups excluding carboxylic acids is 3. The monoisotopic (exact) mass is 503 g/mol. The Morgan fingerprint density at radius 2 is 1.76 bits per heavy atom. The first-order valence-corrected chi connectivity index (χ1v) is 11.6. The Morgan fingerprint density at radius 3 is 2.35 bits per heavy atom. The Labute approximate surface area is 208 Å². The lowest BCUT2D eigenvalue weighted by molar-refractivity contribution is -0.134. The minimum absolute atomic E-state index is 0.0936. The zero-order chi connectivity index (χ0) is 25.0. The zero-order valence-electron chi connectivity index (χ0n) is 19.4. The standard InChI is InChI=1S/C25H27Cl2N3O4/c1-5-34-24(33)21-20(18-11-10-17(27)12-19(18)28-21)22(23(32)29-25(2,3)4)30(14-31)13-15-6-8-16(26)9-7-15/h6-12,14,22,28H,5,13H2,1-4H3,(H,29,32)/t22-/m1/s1. The van der Waals surface area contributed by atoms with Crippen LogP contribution in [0.25, 0.3) is 10.9 Å². The fourth-order valence-electron chi connectivity index (χ4n) is 3.72. The summed E-state index contributed by atoms with van der Waals surface area (Å²) in [5.74, 6) is -1.06. The quantitative estimate of drug-likeness (QED) is 0.323. The second kappa shape index (κ2) is 10.5. The van der Waals surface area contributed by atoms with Crippen molar-refractivity contribution in [2.24, 2.45) is 0 Å². The van der Waals surface area contributed by atoms with Gasteiger partial charge in [-0.05, 0) is 57.5 Å². The fraction of sp³-hybridized carbons (Fsp3) is 0.320. The van der Waals surface area contributed by atoms with Gasteiger partial charge in [-0.1, -0.05) is 41.4 Å². The molecule has 0 aliphatic heterocycles. The Bertz CT molecular complexity index is 1200. The van der Waals surface area contributed by atoms with Crippen molar-refractivity contribution >= 4 is 52.4 Å². The number of fused-ring (bicyclic) bond motifs is 1. The Kier molecular flexibility index (Phi) is 7.89. The Balaban J connectivity index is 2.21. The number of hydrogen-bond acceptors (Lipinski definition) is 4. The molecular formula is C25H27Cl2N3O4. The lowest BCUT2D eigenvalue weighted by atomic mass is 9.98. The summed E-state index contributed by atoms with van der Waals surface area (Å²) in [5, 5.41) is 4.54. The molecule has 34 heavy (non-hydrogen) atoms. The van der Waals surface area contributed by atoms with Gasteiger partial charge in [0.1, 0.15) is 11.7 Å². The van der Waals surface area contributed by atoms with Crippen molar-refractivity contribution in [2.45, 2.75) is 45.8 Å². The summed E-state index contributed by atoms with van der Waals surface area (Å²) in [6.45, 7) is 7.48. The number of H-pyrrole nitrogens is 1. The summed E-state index contributed by atoms with van der Waals surface area (Å²) in [6, 6.07) is 10.9. The summed E-state index contributed by atoms with van der Waals surface area (Å²) in [4.78, 5) is 43.3. The number of nitrogens with zero attached hydrogens (tertiary/aromatic N) is 1. The number of ether oxygens (including phenoxy) is 1. The molecule has 0 aliphatic rings. The number of halogens is 2. The highest BCUT2D eigenvalue weighted by Crippen LogP contribution is 2.34. The topological polar surface area (TPSA) is 91.5 Å². The van der Waals surface area contributed by atoms with E-state index in [4.69, 9.17) is 27.9 Å². The second-order valence-corrected chi connectivity index (χ2v) is 9.74. The van der Waals surface area contributed by atoms with Gasteiger partial charge in [0.25, 0.3) is 0 Å². The summed E-state index contributed by atoms with van der Waals surface area (Å²) in [6.07, 6.45) is 0.602. The summed E-state index contributed by atoms with van der Waals surface area (Å²) in [5.41, 5.74) is 1.18. The van der Waals surface area contributed by atoms with Crippen LogP contribution in [0.1, 0.15) is 55.4 Å². The minimum Gasteiger partial charge on any atom is -0.461 e. The van der Waals surface area contributed by atoms with Crippen LogP contribution >= 0.6 is 23.2 Å². The van der Waals surface area contributed by atoms with E-state index >= 15 is 0 Å². The molecule has 1 aromatic heterocycles.